The largest absolute Gasteiger partial charge is 0.308 e. The van der Waals surface area contributed by atoms with Crippen molar-refractivity contribution in [2.45, 2.75) is 41.5 Å². The lowest BCUT2D eigenvalue weighted by atomic mass is 9.91. The fourth-order valence-corrected chi connectivity index (χ4v) is 14.4. The van der Waals surface area contributed by atoms with Gasteiger partial charge in [0, 0.05) is 65.7 Å². The molecular weight excluding hydrogens is 1030 g/mol. The summed E-state index contributed by atoms with van der Waals surface area (Å²) in [5.41, 5.74) is 25.3. The number of hydrogen-bond donors (Lipinski definition) is 0. The monoisotopic (exact) mass is 1090 g/mol. The second-order valence-electron chi connectivity index (χ2n) is 23.4. The lowest BCUT2D eigenvalue weighted by Gasteiger charge is -2.31. The normalized spacial score (nSPS) is 12.1. The molecule has 404 valence electrons. The first-order valence-electron chi connectivity index (χ1n) is 29.4. The molecule has 0 unspecified atom stereocenters. The van der Waals surface area contributed by atoms with Crippen LogP contribution in [0.25, 0.3) is 149 Å². The second kappa shape index (κ2) is 18.4. The van der Waals surface area contributed by atoms with E-state index in [1.165, 1.54) is 65.3 Å². The zero-order valence-electron chi connectivity index (χ0n) is 48.1. The van der Waals surface area contributed by atoms with Gasteiger partial charge in [-0.05, 0) is 156 Å². The van der Waals surface area contributed by atoms with Gasteiger partial charge in [-0.1, -0.05) is 150 Å². The van der Waals surface area contributed by atoms with Gasteiger partial charge in [0.15, 0.2) is 0 Å². The number of fused-ring (bicyclic) bond motifs is 13. The molecule has 0 radical (unpaired) electrons. The van der Waals surface area contributed by atoms with E-state index < -0.39 is 0 Å². The van der Waals surface area contributed by atoms with E-state index in [0.717, 1.165) is 118 Å². The fourth-order valence-electron chi connectivity index (χ4n) is 14.4. The molecule has 85 heavy (non-hydrogen) atoms. The quantitative estimate of drug-likeness (QED) is 0.160. The number of benzene rings is 11. The fraction of sp³-hybridized carbons (Fsp3) is 0.0769. The van der Waals surface area contributed by atoms with Crippen LogP contribution in [0.4, 0.5) is 0 Å². The van der Waals surface area contributed by atoms with E-state index in [-0.39, 0.29) is 0 Å². The second-order valence-corrected chi connectivity index (χ2v) is 23.4. The molecule has 6 aromatic heterocycles. The molecule has 0 saturated carbocycles. The van der Waals surface area contributed by atoms with E-state index in [2.05, 4.69) is 301 Å². The molecule has 0 bridgehead atoms. The zero-order valence-corrected chi connectivity index (χ0v) is 48.1. The van der Waals surface area contributed by atoms with Crippen LogP contribution >= 0.6 is 0 Å². The van der Waals surface area contributed by atoms with E-state index in [1.807, 2.05) is 0 Å². The standard InChI is InChI=1S/C78H57N7/c1-46-32-36-67-58(40-46)54-22-10-15-27-63(54)82(67)74-72(52-44-50(5)79-51(6)45-52)75(83-64-28-16-11-23-55(64)59-41-47(2)33-37-68(59)83)77(85-66-30-18-13-25-57(66)61-43-49(4)35-39-70(61)85)76(84-65-29-17-12-24-56(65)60-42-48(3)34-38-69(60)84)73(74)78-80-62-26-14-19-31-71(62)81(78)53-20-8-7-9-21-53/h7-45H,1-6H3. The molecule has 0 spiro atoms. The van der Waals surface area contributed by atoms with Crippen molar-refractivity contribution in [1.82, 2.24) is 32.8 Å². The first kappa shape index (κ1) is 48.9. The SMILES string of the molecule is Cc1ccc2c(c1)c1ccccc1n2-c1c(-c2cc(C)nc(C)c2)c(-n2c3ccccc3c3cc(C)ccc32)c(-n2c3ccccc3c3cc(C)ccc32)c(-n2c3ccccc3c3cc(C)ccc32)c1-c1nc2ccccc2n1-c1ccccc1. The summed E-state index contributed by atoms with van der Waals surface area (Å²) in [6.45, 7) is 13.1. The van der Waals surface area contributed by atoms with Crippen LogP contribution in [0.2, 0.25) is 0 Å². The summed E-state index contributed by atoms with van der Waals surface area (Å²) in [7, 11) is 0. The van der Waals surface area contributed by atoms with E-state index in [0.29, 0.717) is 0 Å². The van der Waals surface area contributed by atoms with Crippen LogP contribution in [0.15, 0.2) is 237 Å². The van der Waals surface area contributed by atoms with Crippen molar-refractivity contribution < 1.29 is 0 Å². The first-order chi connectivity index (χ1) is 41.7. The van der Waals surface area contributed by atoms with Crippen LogP contribution in [0, 0.1) is 41.5 Å². The third-order valence-corrected chi connectivity index (χ3v) is 17.8. The summed E-state index contributed by atoms with van der Waals surface area (Å²) in [6.07, 6.45) is 0. The lowest BCUT2D eigenvalue weighted by molar-refractivity contribution is 1.02. The van der Waals surface area contributed by atoms with Crippen LogP contribution in [-0.4, -0.2) is 32.8 Å². The average molecular weight is 1090 g/mol. The summed E-state index contributed by atoms with van der Waals surface area (Å²) in [4.78, 5) is 11.3. The van der Waals surface area contributed by atoms with Gasteiger partial charge in [0.25, 0.3) is 0 Å². The number of pyridine rings is 1. The van der Waals surface area contributed by atoms with Crippen LogP contribution in [-0.2, 0) is 0 Å². The summed E-state index contributed by atoms with van der Waals surface area (Å²) < 4.78 is 12.8. The van der Waals surface area contributed by atoms with E-state index in [1.54, 1.807) is 0 Å². The first-order valence-corrected chi connectivity index (χ1v) is 29.4. The smallest absolute Gasteiger partial charge is 0.150 e. The highest BCUT2D eigenvalue weighted by Crippen LogP contribution is 2.55. The van der Waals surface area contributed by atoms with Crippen molar-refractivity contribution in [1.29, 1.82) is 0 Å². The number of hydrogen-bond acceptors (Lipinski definition) is 2. The maximum atomic E-state index is 6.09. The highest BCUT2D eigenvalue weighted by atomic mass is 15.2. The van der Waals surface area contributed by atoms with Gasteiger partial charge < -0.3 is 18.3 Å². The summed E-state index contributed by atoms with van der Waals surface area (Å²) >= 11 is 0. The Labute approximate surface area is 491 Å². The Kier molecular flexibility index (Phi) is 10.6. The Morgan fingerprint density at radius 1 is 0.247 bits per heavy atom. The lowest BCUT2D eigenvalue weighted by Crippen LogP contribution is -2.17. The van der Waals surface area contributed by atoms with Crippen molar-refractivity contribution in [3.8, 4) is 51.0 Å². The number of imidazole rings is 1. The van der Waals surface area contributed by atoms with Crippen LogP contribution < -0.4 is 0 Å². The Morgan fingerprint density at radius 3 is 1.02 bits per heavy atom. The molecule has 7 heteroatoms. The minimum atomic E-state index is 0.805. The molecule has 0 amide bonds. The van der Waals surface area contributed by atoms with Crippen LogP contribution in [0.3, 0.4) is 0 Å². The van der Waals surface area contributed by atoms with Crippen molar-refractivity contribution in [2.75, 3.05) is 0 Å². The predicted molar refractivity (Wildman–Crippen MR) is 356 cm³/mol. The number of aromatic nitrogens is 7. The molecule has 0 fully saturated rings. The van der Waals surface area contributed by atoms with Crippen LogP contribution in [0.1, 0.15) is 33.6 Å². The third-order valence-electron chi connectivity index (χ3n) is 17.8. The number of rotatable bonds is 7. The Balaban J connectivity index is 1.29. The molecule has 11 aromatic carbocycles. The minimum Gasteiger partial charge on any atom is -0.308 e. The average Bonchev–Trinajstić information content (AvgIpc) is 2.05. The zero-order chi connectivity index (χ0) is 56.9. The molecular formula is C78H57N7. The maximum absolute atomic E-state index is 6.09. The number of aryl methyl sites for hydroxylation is 6. The molecule has 0 atom stereocenters. The van der Waals surface area contributed by atoms with Crippen LogP contribution in [0.5, 0.6) is 0 Å². The topological polar surface area (TPSA) is 50.4 Å². The Hall–Kier alpha value is -10.8. The van der Waals surface area contributed by atoms with Gasteiger partial charge in [0.1, 0.15) is 5.82 Å². The number of para-hydroxylation sites is 7. The minimum absolute atomic E-state index is 0.805. The van der Waals surface area contributed by atoms with Crippen molar-refractivity contribution in [3.63, 3.8) is 0 Å². The molecule has 0 N–H and O–H groups in total. The van der Waals surface area contributed by atoms with E-state index in [4.69, 9.17) is 9.97 Å². The predicted octanol–water partition coefficient (Wildman–Crippen LogP) is 20.0. The summed E-state index contributed by atoms with van der Waals surface area (Å²) in [6, 6.07) is 88.2. The molecule has 6 heterocycles. The van der Waals surface area contributed by atoms with Crippen molar-refractivity contribution >= 4 is 98.3 Å². The molecule has 0 saturated heterocycles. The van der Waals surface area contributed by atoms with Crippen molar-refractivity contribution in [2.24, 2.45) is 0 Å². The third kappa shape index (κ3) is 7.14. The molecule has 17 aromatic rings. The maximum Gasteiger partial charge on any atom is 0.150 e. The van der Waals surface area contributed by atoms with E-state index >= 15 is 0 Å². The summed E-state index contributed by atoms with van der Waals surface area (Å²) in [5, 5.41) is 9.40. The highest BCUT2D eigenvalue weighted by Gasteiger charge is 2.37. The number of nitrogens with zero attached hydrogens (tertiary/aromatic N) is 7. The van der Waals surface area contributed by atoms with Gasteiger partial charge in [-0.2, -0.15) is 0 Å². The Morgan fingerprint density at radius 2 is 0.588 bits per heavy atom. The molecule has 7 nitrogen and oxygen atoms in total. The molecule has 0 aliphatic rings. The van der Waals surface area contributed by atoms with Gasteiger partial charge in [-0.25, -0.2) is 4.98 Å². The molecule has 17 rings (SSSR count). The van der Waals surface area contributed by atoms with Crippen molar-refractivity contribution in [3.05, 3.63) is 270 Å². The van der Waals surface area contributed by atoms with Gasteiger partial charge in [-0.3, -0.25) is 9.55 Å². The van der Waals surface area contributed by atoms with Gasteiger partial charge in [-0.15, -0.1) is 0 Å². The van der Waals surface area contributed by atoms with Gasteiger partial charge >= 0.3 is 0 Å². The molecule has 0 aliphatic carbocycles. The van der Waals surface area contributed by atoms with Gasteiger partial charge in [0.05, 0.1) is 83.5 Å². The van der Waals surface area contributed by atoms with E-state index in [9.17, 15) is 0 Å². The van der Waals surface area contributed by atoms with Gasteiger partial charge in [0.2, 0.25) is 0 Å². The molecule has 0 aliphatic heterocycles. The summed E-state index contributed by atoms with van der Waals surface area (Å²) in [5.74, 6) is 0.805. The Bertz CT molecular complexity index is 5660. The highest BCUT2D eigenvalue weighted by molar-refractivity contribution is 6.19.